The molecule has 1 aromatic rings. The molecule has 8 heteroatoms. The zero-order valence-corrected chi connectivity index (χ0v) is 14.5. The van der Waals surface area contributed by atoms with Crippen LogP contribution in [0.25, 0.3) is 0 Å². The molecular weight excluding hydrogens is 371 g/mol. The molecule has 1 aromatic carbocycles. The van der Waals surface area contributed by atoms with Crippen molar-refractivity contribution in [2.75, 3.05) is 6.54 Å². The van der Waals surface area contributed by atoms with Crippen LogP contribution in [0.1, 0.15) is 20.3 Å². The Bertz CT molecular complexity index is 540. The summed E-state index contributed by atoms with van der Waals surface area (Å²) in [4.78, 5) is 0.0166. The molecule has 0 saturated carbocycles. The fraction of sp³-hybridized carbons (Fsp3) is 0.500. The predicted octanol–water partition coefficient (Wildman–Crippen LogP) is 2.66. The maximum absolute atomic E-state index is 13.1. The lowest BCUT2D eigenvalue weighted by Gasteiger charge is -2.18. The average molecular weight is 390 g/mol. The number of halogens is 3. The van der Waals surface area contributed by atoms with Crippen molar-refractivity contribution >= 4 is 38.4 Å². The number of hydrogen-bond acceptors (Lipinski definition) is 3. The molecule has 0 radical (unpaired) electrons. The highest BCUT2D eigenvalue weighted by Gasteiger charge is 2.20. The van der Waals surface area contributed by atoms with Gasteiger partial charge in [0.05, 0.1) is 9.37 Å². The van der Waals surface area contributed by atoms with Gasteiger partial charge in [-0.2, -0.15) is 0 Å². The van der Waals surface area contributed by atoms with Crippen LogP contribution >= 0.6 is 28.3 Å². The Balaban J connectivity index is 0.00000361. The molecule has 1 atom stereocenters. The van der Waals surface area contributed by atoms with Crippen molar-refractivity contribution < 1.29 is 12.8 Å². The fourth-order valence-corrected chi connectivity index (χ4v) is 3.51. The first-order valence-electron chi connectivity index (χ1n) is 5.93. The molecule has 0 bridgehead atoms. The van der Waals surface area contributed by atoms with Crippen molar-refractivity contribution in [1.29, 1.82) is 0 Å². The Labute approximate surface area is 133 Å². The van der Waals surface area contributed by atoms with Crippen LogP contribution in [0.4, 0.5) is 4.39 Å². The minimum atomic E-state index is -3.68. The van der Waals surface area contributed by atoms with Crippen molar-refractivity contribution in [3.05, 3.63) is 28.5 Å². The van der Waals surface area contributed by atoms with Gasteiger partial charge in [0, 0.05) is 12.6 Å². The summed E-state index contributed by atoms with van der Waals surface area (Å²) in [5.41, 5.74) is 5.56. The summed E-state index contributed by atoms with van der Waals surface area (Å²) in [6, 6.07) is 3.25. The van der Waals surface area contributed by atoms with E-state index < -0.39 is 15.8 Å². The largest absolute Gasteiger partial charge is 0.329 e. The first-order valence-corrected chi connectivity index (χ1v) is 8.21. The van der Waals surface area contributed by atoms with Crippen LogP contribution in [-0.2, 0) is 10.0 Å². The number of hydrogen-bond donors (Lipinski definition) is 2. The highest BCUT2D eigenvalue weighted by Crippen LogP contribution is 2.20. The van der Waals surface area contributed by atoms with E-state index in [0.717, 1.165) is 6.07 Å². The molecule has 0 aliphatic rings. The topological polar surface area (TPSA) is 72.2 Å². The number of benzene rings is 1. The van der Waals surface area contributed by atoms with E-state index in [2.05, 4.69) is 20.7 Å². The summed E-state index contributed by atoms with van der Waals surface area (Å²) in [6.07, 6.45) is 0.651. The van der Waals surface area contributed by atoms with Gasteiger partial charge in [0.1, 0.15) is 5.82 Å². The van der Waals surface area contributed by atoms with Crippen LogP contribution in [0.15, 0.2) is 27.6 Å². The first kappa shape index (κ1) is 19.8. The molecule has 20 heavy (non-hydrogen) atoms. The van der Waals surface area contributed by atoms with Crippen LogP contribution in [0.3, 0.4) is 0 Å². The molecule has 0 spiro atoms. The smallest absolute Gasteiger partial charge is 0.240 e. The molecule has 0 aliphatic heterocycles. The quantitative estimate of drug-likeness (QED) is 0.785. The van der Waals surface area contributed by atoms with Crippen LogP contribution < -0.4 is 10.5 Å². The van der Waals surface area contributed by atoms with Gasteiger partial charge in [-0.25, -0.2) is 17.5 Å². The molecule has 4 nitrogen and oxygen atoms in total. The summed E-state index contributed by atoms with van der Waals surface area (Å²) < 4.78 is 40.0. The third-order valence-corrected chi connectivity index (χ3v) is 4.69. The second-order valence-electron chi connectivity index (χ2n) is 4.76. The maximum atomic E-state index is 13.1. The van der Waals surface area contributed by atoms with Gasteiger partial charge in [-0.05, 0) is 46.5 Å². The zero-order chi connectivity index (χ0) is 14.6. The molecule has 1 unspecified atom stereocenters. The van der Waals surface area contributed by atoms with Crippen LogP contribution in [-0.4, -0.2) is 21.0 Å². The highest BCUT2D eigenvalue weighted by molar-refractivity contribution is 9.10. The summed E-state index contributed by atoms with van der Waals surface area (Å²) in [6.45, 7) is 4.21. The molecule has 0 heterocycles. The van der Waals surface area contributed by atoms with Gasteiger partial charge in [-0.3, -0.25) is 0 Å². The third-order valence-electron chi connectivity index (χ3n) is 2.56. The molecule has 116 valence electrons. The number of nitrogens with one attached hydrogen (secondary N) is 1. The number of nitrogens with two attached hydrogens (primary N) is 1. The maximum Gasteiger partial charge on any atom is 0.240 e. The van der Waals surface area contributed by atoms with Crippen LogP contribution in [0.5, 0.6) is 0 Å². The van der Waals surface area contributed by atoms with Crippen molar-refractivity contribution in [2.24, 2.45) is 11.7 Å². The minimum Gasteiger partial charge on any atom is -0.329 e. The molecule has 0 amide bonds. The van der Waals surface area contributed by atoms with Gasteiger partial charge in [0.15, 0.2) is 0 Å². The lowest BCUT2D eigenvalue weighted by molar-refractivity contribution is 0.465. The first-order chi connectivity index (χ1) is 8.76. The lowest BCUT2D eigenvalue weighted by Crippen LogP contribution is -2.40. The van der Waals surface area contributed by atoms with E-state index >= 15 is 0 Å². The third kappa shape index (κ3) is 5.65. The molecule has 0 aliphatic carbocycles. The number of sulfonamides is 1. The summed E-state index contributed by atoms with van der Waals surface area (Å²) in [7, 11) is -3.68. The Morgan fingerprint density at radius 2 is 2.00 bits per heavy atom. The monoisotopic (exact) mass is 388 g/mol. The molecule has 1 rings (SSSR count). The van der Waals surface area contributed by atoms with Gasteiger partial charge in [-0.15, -0.1) is 12.4 Å². The van der Waals surface area contributed by atoms with E-state index in [-0.39, 0.29) is 34.4 Å². The van der Waals surface area contributed by atoms with E-state index in [1.165, 1.54) is 12.1 Å². The van der Waals surface area contributed by atoms with E-state index in [4.69, 9.17) is 5.73 Å². The summed E-state index contributed by atoms with van der Waals surface area (Å²) in [5, 5.41) is 0. The SMILES string of the molecule is CC(C)CC(CN)NS(=O)(=O)c1ccc(F)c(Br)c1.Cl. The fourth-order valence-electron chi connectivity index (χ4n) is 1.69. The summed E-state index contributed by atoms with van der Waals surface area (Å²) >= 11 is 2.97. The van der Waals surface area contributed by atoms with Crippen molar-refractivity contribution in [3.8, 4) is 0 Å². The summed E-state index contributed by atoms with van der Waals surface area (Å²) in [5.74, 6) is -0.173. The van der Waals surface area contributed by atoms with E-state index in [9.17, 15) is 12.8 Å². The molecule has 0 aromatic heterocycles. The minimum absolute atomic E-state index is 0. The van der Waals surface area contributed by atoms with E-state index in [1.807, 2.05) is 13.8 Å². The van der Waals surface area contributed by atoms with Gasteiger partial charge in [0.2, 0.25) is 10.0 Å². The van der Waals surface area contributed by atoms with Gasteiger partial charge in [0.25, 0.3) is 0 Å². The Morgan fingerprint density at radius 1 is 1.40 bits per heavy atom. The normalized spacial score (nSPS) is 13.1. The highest BCUT2D eigenvalue weighted by atomic mass is 79.9. The molecular formula is C12H19BrClFN2O2S. The van der Waals surface area contributed by atoms with Crippen molar-refractivity contribution in [1.82, 2.24) is 4.72 Å². The Morgan fingerprint density at radius 3 is 2.45 bits per heavy atom. The van der Waals surface area contributed by atoms with Crippen LogP contribution in [0, 0.1) is 11.7 Å². The number of rotatable bonds is 6. The molecule has 3 N–H and O–H groups in total. The average Bonchev–Trinajstić information content (AvgIpc) is 2.30. The predicted molar refractivity (Wildman–Crippen MR) is 84.0 cm³/mol. The van der Waals surface area contributed by atoms with Crippen LogP contribution in [0.2, 0.25) is 0 Å². The van der Waals surface area contributed by atoms with E-state index in [1.54, 1.807) is 0 Å². The lowest BCUT2D eigenvalue weighted by atomic mass is 10.1. The standard InChI is InChI=1S/C12H18BrFN2O2S.ClH/c1-8(2)5-9(7-15)16-19(17,18)10-3-4-12(14)11(13)6-10;/h3-4,6,8-9,16H,5,7,15H2,1-2H3;1H. The van der Waals surface area contributed by atoms with Gasteiger partial charge >= 0.3 is 0 Å². The van der Waals surface area contributed by atoms with Gasteiger partial charge < -0.3 is 5.73 Å². The molecule has 0 saturated heterocycles. The van der Waals surface area contributed by atoms with Crippen molar-refractivity contribution in [3.63, 3.8) is 0 Å². The second-order valence-corrected chi connectivity index (χ2v) is 7.33. The van der Waals surface area contributed by atoms with E-state index in [0.29, 0.717) is 12.3 Å². The second kappa shape index (κ2) is 8.29. The Kier molecular flexibility index (Phi) is 8.20. The Hall–Kier alpha value is -0.210. The van der Waals surface area contributed by atoms with Gasteiger partial charge in [-0.1, -0.05) is 13.8 Å². The van der Waals surface area contributed by atoms with Crippen molar-refractivity contribution in [2.45, 2.75) is 31.2 Å². The molecule has 0 fully saturated rings. The zero-order valence-electron chi connectivity index (χ0n) is 11.3.